The highest BCUT2D eigenvalue weighted by molar-refractivity contribution is 7.10. The smallest absolute Gasteiger partial charge is 0.0802 e. The minimum absolute atomic E-state index is 0.102. The van der Waals surface area contributed by atoms with Gasteiger partial charge in [0.2, 0.25) is 0 Å². The summed E-state index contributed by atoms with van der Waals surface area (Å²) in [6.45, 7) is 2.09. The Morgan fingerprint density at radius 1 is 1.27 bits per heavy atom. The van der Waals surface area contributed by atoms with Gasteiger partial charge in [0.1, 0.15) is 0 Å². The summed E-state index contributed by atoms with van der Waals surface area (Å²) in [6, 6.07) is 12.6. The predicted octanol–water partition coefficient (Wildman–Crippen LogP) is 2.61. The molecule has 2 aromatic rings. The Labute approximate surface area is 93.7 Å². The summed E-state index contributed by atoms with van der Waals surface area (Å²) in [7, 11) is 0. The average molecular weight is 218 g/mol. The third-order valence-electron chi connectivity index (χ3n) is 2.37. The Balaban J connectivity index is 2.35. The third-order valence-corrected chi connectivity index (χ3v) is 3.31. The number of aryl methyl sites for hydroxylation is 1. The van der Waals surface area contributed by atoms with Crippen LogP contribution in [0.4, 0.5) is 0 Å². The summed E-state index contributed by atoms with van der Waals surface area (Å²) in [5.41, 5.74) is 5.32. The largest absolute Gasteiger partial charge is 0.271 e. The fourth-order valence-corrected chi connectivity index (χ4v) is 2.46. The normalized spacial score (nSPS) is 12.7. The van der Waals surface area contributed by atoms with Gasteiger partial charge in [-0.25, -0.2) is 5.43 Å². The van der Waals surface area contributed by atoms with Crippen LogP contribution in [0.5, 0.6) is 0 Å². The molecule has 2 rings (SSSR count). The molecule has 0 radical (unpaired) electrons. The molecule has 0 aliphatic rings. The van der Waals surface area contributed by atoms with Gasteiger partial charge in [-0.15, -0.1) is 11.3 Å². The van der Waals surface area contributed by atoms with Gasteiger partial charge in [-0.3, -0.25) is 5.84 Å². The molecular formula is C12H14N2S. The highest BCUT2D eigenvalue weighted by Gasteiger charge is 2.12. The molecule has 3 heteroatoms. The summed E-state index contributed by atoms with van der Waals surface area (Å²) in [5, 5.41) is 2.06. The number of hydrogen-bond acceptors (Lipinski definition) is 3. The molecule has 0 fully saturated rings. The van der Waals surface area contributed by atoms with Crippen molar-refractivity contribution in [3.63, 3.8) is 0 Å². The summed E-state index contributed by atoms with van der Waals surface area (Å²) >= 11 is 1.71. The number of hydrogen-bond donors (Lipinski definition) is 2. The Hall–Kier alpha value is -1.16. The van der Waals surface area contributed by atoms with Gasteiger partial charge >= 0.3 is 0 Å². The van der Waals surface area contributed by atoms with E-state index in [1.54, 1.807) is 11.3 Å². The first-order chi connectivity index (χ1) is 7.31. The van der Waals surface area contributed by atoms with Gasteiger partial charge in [0.05, 0.1) is 6.04 Å². The molecule has 78 valence electrons. The molecule has 0 aliphatic carbocycles. The molecule has 3 N–H and O–H groups in total. The van der Waals surface area contributed by atoms with Crippen molar-refractivity contribution in [1.29, 1.82) is 0 Å². The Morgan fingerprint density at radius 3 is 2.73 bits per heavy atom. The van der Waals surface area contributed by atoms with Crippen LogP contribution in [0.2, 0.25) is 0 Å². The van der Waals surface area contributed by atoms with Crippen LogP contribution in [-0.2, 0) is 0 Å². The van der Waals surface area contributed by atoms with E-state index in [2.05, 4.69) is 48.1 Å². The second-order valence-electron chi connectivity index (χ2n) is 3.53. The molecule has 1 unspecified atom stereocenters. The molecule has 0 bridgehead atoms. The number of benzene rings is 1. The van der Waals surface area contributed by atoms with E-state index in [9.17, 15) is 0 Å². The van der Waals surface area contributed by atoms with Crippen molar-refractivity contribution < 1.29 is 0 Å². The molecule has 0 spiro atoms. The maximum absolute atomic E-state index is 5.60. The number of nitrogens with two attached hydrogens (primary N) is 1. The predicted molar refractivity (Wildman–Crippen MR) is 64.7 cm³/mol. The van der Waals surface area contributed by atoms with Crippen molar-refractivity contribution in [2.75, 3.05) is 0 Å². The molecule has 1 aromatic heterocycles. The quantitative estimate of drug-likeness (QED) is 0.614. The second kappa shape index (κ2) is 4.57. The van der Waals surface area contributed by atoms with Crippen LogP contribution in [0.3, 0.4) is 0 Å². The van der Waals surface area contributed by atoms with E-state index in [1.165, 1.54) is 16.0 Å². The van der Waals surface area contributed by atoms with Crippen LogP contribution < -0.4 is 11.3 Å². The topological polar surface area (TPSA) is 38.0 Å². The Bertz CT molecular complexity index is 423. The lowest BCUT2D eigenvalue weighted by Gasteiger charge is -2.15. The molecule has 0 amide bonds. The van der Waals surface area contributed by atoms with Gasteiger partial charge < -0.3 is 0 Å². The van der Waals surface area contributed by atoms with E-state index in [-0.39, 0.29) is 6.04 Å². The van der Waals surface area contributed by atoms with E-state index in [0.29, 0.717) is 0 Å². The van der Waals surface area contributed by atoms with Crippen molar-refractivity contribution in [2.45, 2.75) is 13.0 Å². The highest BCUT2D eigenvalue weighted by atomic mass is 32.1. The summed E-state index contributed by atoms with van der Waals surface area (Å²) in [6.07, 6.45) is 0. The van der Waals surface area contributed by atoms with Crippen molar-refractivity contribution in [3.8, 4) is 0 Å². The lowest BCUT2D eigenvalue weighted by atomic mass is 10.0. The van der Waals surface area contributed by atoms with Crippen LogP contribution in [0.15, 0.2) is 41.8 Å². The maximum Gasteiger partial charge on any atom is 0.0802 e. The zero-order chi connectivity index (χ0) is 10.7. The fourth-order valence-electron chi connectivity index (χ4n) is 1.65. The summed E-state index contributed by atoms with van der Waals surface area (Å²) in [4.78, 5) is 1.24. The zero-order valence-corrected chi connectivity index (χ0v) is 9.42. The van der Waals surface area contributed by atoms with Gasteiger partial charge in [-0.2, -0.15) is 0 Å². The molecule has 1 aromatic carbocycles. The molecule has 2 nitrogen and oxygen atoms in total. The lowest BCUT2D eigenvalue weighted by molar-refractivity contribution is 0.646. The van der Waals surface area contributed by atoms with Gasteiger partial charge in [-0.05, 0) is 23.9 Å². The minimum Gasteiger partial charge on any atom is -0.271 e. The van der Waals surface area contributed by atoms with Gasteiger partial charge in [0.25, 0.3) is 0 Å². The van der Waals surface area contributed by atoms with Crippen LogP contribution in [-0.4, -0.2) is 0 Å². The minimum atomic E-state index is 0.102. The van der Waals surface area contributed by atoms with E-state index < -0.39 is 0 Å². The SMILES string of the molecule is Cc1cccc(C(NN)c2cccs2)c1. The van der Waals surface area contributed by atoms with Gasteiger partial charge in [0.15, 0.2) is 0 Å². The van der Waals surface area contributed by atoms with Crippen LogP contribution in [0.25, 0.3) is 0 Å². The molecule has 0 saturated heterocycles. The molecular weight excluding hydrogens is 204 g/mol. The van der Waals surface area contributed by atoms with E-state index in [0.717, 1.165) is 0 Å². The van der Waals surface area contributed by atoms with Crippen molar-refractivity contribution in [1.82, 2.24) is 5.43 Å². The van der Waals surface area contributed by atoms with Gasteiger partial charge in [-0.1, -0.05) is 35.9 Å². The first kappa shape index (κ1) is 10.4. The van der Waals surface area contributed by atoms with Gasteiger partial charge in [0, 0.05) is 4.88 Å². The van der Waals surface area contributed by atoms with E-state index in [1.807, 2.05) is 6.07 Å². The van der Waals surface area contributed by atoms with Crippen molar-refractivity contribution in [3.05, 3.63) is 57.8 Å². The number of thiophene rings is 1. The van der Waals surface area contributed by atoms with E-state index in [4.69, 9.17) is 5.84 Å². The van der Waals surface area contributed by atoms with Crippen molar-refractivity contribution in [2.24, 2.45) is 5.84 Å². The highest BCUT2D eigenvalue weighted by Crippen LogP contribution is 2.25. The van der Waals surface area contributed by atoms with E-state index >= 15 is 0 Å². The zero-order valence-electron chi connectivity index (χ0n) is 8.60. The molecule has 0 aliphatic heterocycles. The second-order valence-corrected chi connectivity index (χ2v) is 4.51. The van der Waals surface area contributed by atoms with Crippen LogP contribution in [0, 0.1) is 6.92 Å². The Morgan fingerprint density at radius 2 is 2.13 bits per heavy atom. The first-order valence-corrected chi connectivity index (χ1v) is 5.75. The lowest BCUT2D eigenvalue weighted by Crippen LogP contribution is -2.28. The monoisotopic (exact) mass is 218 g/mol. The van der Waals surface area contributed by atoms with Crippen LogP contribution >= 0.6 is 11.3 Å². The maximum atomic E-state index is 5.60. The average Bonchev–Trinajstić information content (AvgIpc) is 2.72. The standard InChI is InChI=1S/C12H14N2S/c1-9-4-2-5-10(8-9)12(14-13)11-6-3-7-15-11/h2-8,12,14H,13H2,1H3. The summed E-state index contributed by atoms with van der Waals surface area (Å²) in [5.74, 6) is 5.60. The first-order valence-electron chi connectivity index (χ1n) is 4.87. The Kier molecular flexibility index (Phi) is 3.16. The number of rotatable bonds is 3. The molecule has 1 atom stereocenters. The van der Waals surface area contributed by atoms with Crippen LogP contribution in [0.1, 0.15) is 22.0 Å². The van der Waals surface area contributed by atoms with Crippen molar-refractivity contribution >= 4 is 11.3 Å². The number of nitrogens with one attached hydrogen (secondary N) is 1. The molecule has 0 saturated carbocycles. The number of hydrazine groups is 1. The molecule has 15 heavy (non-hydrogen) atoms. The molecule has 1 heterocycles. The fraction of sp³-hybridized carbons (Fsp3) is 0.167. The third kappa shape index (κ3) is 2.26. The summed E-state index contributed by atoms with van der Waals surface area (Å²) < 4.78 is 0.